The van der Waals surface area contributed by atoms with Gasteiger partial charge in [-0.15, -0.1) is 0 Å². The summed E-state index contributed by atoms with van der Waals surface area (Å²) in [6, 6.07) is 14.5. The SMILES string of the molecule is CC(C)=CCCCCNC(=S)Nc1cccc2ccccc12. The number of anilines is 1. The van der Waals surface area contributed by atoms with E-state index in [9.17, 15) is 0 Å². The van der Waals surface area contributed by atoms with Crippen molar-refractivity contribution in [3.05, 3.63) is 54.1 Å². The molecule has 0 aromatic heterocycles. The van der Waals surface area contributed by atoms with Crippen LogP contribution in [0.1, 0.15) is 33.1 Å². The van der Waals surface area contributed by atoms with Crippen LogP contribution in [-0.2, 0) is 0 Å². The highest BCUT2D eigenvalue weighted by molar-refractivity contribution is 7.80. The predicted octanol–water partition coefficient (Wildman–Crippen LogP) is 5.26. The molecule has 0 bridgehead atoms. The fourth-order valence-corrected chi connectivity index (χ4v) is 2.57. The first-order valence-corrected chi connectivity index (χ1v) is 8.23. The first kappa shape index (κ1) is 16.5. The van der Waals surface area contributed by atoms with Crippen molar-refractivity contribution in [1.29, 1.82) is 0 Å². The van der Waals surface area contributed by atoms with Crippen LogP contribution in [0.2, 0.25) is 0 Å². The van der Waals surface area contributed by atoms with Crippen molar-refractivity contribution in [2.75, 3.05) is 11.9 Å². The molecule has 0 radical (unpaired) electrons. The molecule has 2 N–H and O–H groups in total. The zero-order chi connectivity index (χ0) is 15.8. The smallest absolute Gasteiger partial charge is 0.170 e. The number of hydrogen-bond donors (Lipinski definition) is 2. The van der Waals surface area contributed by atoms with Crippen molar-refractivity contribution in [2.24, 2.45) is 0 Å². The fourth-order valence-electron chi connectivity index (χ4n) is 2.36. The quantitative estimate of drug-likeness (QED) is 0.432. The zero-order valence-electron chi connectivity index (χ0n) is 13.4. The topological polar surface area (TPSA) is 24.1 Å². The molecule has 0 atom stereocenters. The minimum Gasteiger partial charge on any atom is -0.362 e. The van der Waals surface area contributed by atoms with E-state index in [1.165, 1.54) is 22.8 Å². The average molecular weight is 312 g/mol. The van der Waals surface area contributed by atoms with E-state index < -0.39 is 0 Å². The molecule has 2 nitrogen and oxygen atoms in total. The Morgan fingerprint density at radius 3 is 2.64 bits per heavy atom. The number of nitrogens with one attached hydrogen (secondary N) is 2. The number of hydrogen-bond acceptors (Lipinski definition) is 1. The molecule has 3 heteroatoms. The van der Waals surface area contributed by atoms with Gasteiger partial charge in [-0.05, 0) is 56.8 Å². The van der Waals surface area contributed by atoms with E-state index in [0.29, 0.717) is 5.11 Å². The molecule has 0 aliphatic heterocycles. The Morgan fingerprint density at radius 1 is 1.05 bits per heavy atom. The Kier molecular flexibility index (Phi) is 6.41. The van der Waals surface area contributed by atoms with Gasteiger partial charge in [0.1, 0.15) is 0 Å². The minimum absolute atomic E-state index is 0.693. The number of benzene rings is 2. The van der Waals surface area contributed by atoms with Gasteiger partial charge >= 0.3 is 0 Å². The van der Waals surface area contributed by atoms with Crippen LogP contribution in [0.15, 0.2) is 54.1 Å². The highest BCUT2D eigenvalue weighted by atomic mass is 32.1. The molecule has 0 unspecified atom stereocenters. The molecule has 0 amide bonds. The van der Waals surface area contributed by atoms with Crippen LogP contribution in [-0.4, -0.2) is 11.7 Å². The van der Waals surface area contributed by atoms with Crippen molar-refractivity contribution >= 4 is 33.8 Å². The fraction of sp³-hybridized carbons (Fsp3) is 0.316. The van der Waals surface area contributed by atoms with Gasteiger partial charge in [0, 0.05) is 17.6 Å². The van der Waals surface area contributed by atoms with E-state index in [0.717, 1.165) is 25.1 Å². The molecule has 0 spiro atoms. The van der Waals surface area contributed by atoms with Gasteiger partial charge in [-0.25, -0.2) is 0 Å². The van der Waals surface area contributed by atoms with Crippen LogP contribution in [0.3, 0.4) is 0 Å². The van der Waals surface area contributed by atoms with Crippen molar-refractivity contribution < 1.29 is 0 Å². The molecule has 22 heavy (non-hydrogen) atoms. The highest BCUT2D eigenvalue weighted by Crippen LogP contribution is 2.22. The molecule has 0 saturated carbocycles. The summed E-state index contributed by atoms with van der Waals surface area (Å²) in [5, 5.41) is 9.69. The summed E-state index contributed by atoms with van der Waals surface area (Å²) >= 11 is 5.38. The number of allylic oxidation sites excluding steroid dienone is 2. The largest absolute Gasteiger partial charge is 0.362 e. The van der Waals surface area contributed by atoms with Gasteiger partial charge in [0.2, 0.25) is 0 Å². The van der Waals surface area contributed by atoms with Crippen molar-refractivity contribution in [2.45, 2.75) is 33.1 Å². The summed E-state index contributed by atoms with van der Waals surface area (Å²) in [7, 11) is 0. The average Bonchev–Trinajstić information content (AvgIpc) is 2.51. The van der Waals surface area contributed by atoms with Gasteiger partial charge in [-0.2, -0.15) is 0 Å². The third-order valence-electron chi connectivity index (χ3n) is 3.51. The van der Waals surface area contributed by atoms with Crippen molar-refractivity contribution in [1.82, 2.24) is 5.32 Å². The van der Waals surface area contributed by atoms with Crippen molar-refractivity contribution in [3.8, 4) is 0 Å². The van der Waals surface area contributed by atoms with Gasteiger partial charge in [-0.1, -0.05) is 48.0 Å². The summed E-state index contributed by atoms with van der Waals surface area (Å²) in [5.41, 5.74) is 2.45. The maximum Gasteiger partial charge on any atom is 0.170 e. The monoisotopic (exact) mass is 312 g/mol. The van der Waals surface area contributed by atoms with Crippen molar-refractivity contribution in [3.63, 3.8) is 0 Å². The summed E-state index contributed by atoms with van der Waals surface area (Å²) in [5.74, 6) is 0. The second-order valence-corrected chi connectivity index (χ2v) is 6.09. The summed E-state index contributed by atoms with van der Waals surface area (Å²) in [4.78, 5) is 0. The minimum atomic E-state index is 0.693. The number of unbranched alkanes of at least 4 members (excludes halogenated alkanes) is 2. The Morgan fingerprint density at radius 2 is 1.82 bits per heavy atom. The Bertz CT molecular complexity index is 652. The number of fused-ring (bicyclic) bond motifs is 1. The Hall–Kier alpha value is -1.87. The van der Waals surface area contributed by atoms with Crippen LogP contribution in [0.25, 0.3) is 10.8 Å². The Labute approximate surface area is 138 Å². The maximum atomic E-state index is 5.38. The Balaban J connectivity index is 1.80. The first-order valence-electron chi connectivity index (χ1n) is 7.83. The molecule has 2 aromatic rings. The molecular formula is C19H24N2S. The lowest BCUT2D eigenvalue weighted by atomic mass is 10.1. The van der Waals surface area contributed by atoms with Crippen LogP contribution < -0.4 is 10.6 Å². The van der Waals surface area contributed by atoms with Gasteiger partial charge < -0.3 is 10.6 Å². The van der Waals surface area contributed by atoms with Gasteiger partial charge in [0.25, 0.3) is 0 Å². The van der Waals surface area contributed by atoms with E-state index in [2.05, 4.69) is 60.9 Å². The van der Waals surface area contributed by atoms with E-state index >= 15 is 0 Å². The normalized spacial score (nSPS) is 10.3. The molecule has 0 aliphatic rings. The van der Waals surface area contributed by atoms with Crippen LogP contribution >= 0.6 is 12.2 Å². The first-order chi connectivity index (χ1) is 10.7. The van der Waals surface area contributed by atoms with Crippen LogP contribution in [0, 0.1) is 0 Å². The molecule has 0 heterocycles. The van der Waals surface area contributed by atoms with E-state index in [1.807, 2.05) is 12.1 Å². The standard InChI is InChI=1S/C19H24N2S/c1-15(2)9-4-3-7-14-20-19(22)21-18-13-8-11-16-10-5-6-12-17(16)18/h5-6,8-13H,3-4,7,14H2,1-2H3,(H2,20,21,22). The van der Waals surface area contributed by atoms with E-state index in [1.54, 1.807) is 0 Å². The predicted molar refractivity (Wildman–Crippen MR) is 101 cm³/mol. The molecule has 116 valence electrons. The second-order valence-electron chi connectivity index (χ2n) is 5.68. The number of thiocarbonyl (C=S) groups is 1. The van der Waals surface area contributed by atoms with Crippen LogP contribution in [0.4, 0.5) is 5.69 Å². The molecule has 2 rings (SSSR count). The highest BCUT2D eigenvalue weighted by Gasteiger charge is 2.01. The summed E-state index contributed by atoms with van der Waals surface area (Å²) in [6.45, 7) is 5.19. The molecular weight excluding hydrogens is 288 g/mol. The number of rotatable bonds is 6. The lowest BCUT2D eigenvalue weighted by Crippen LogP contribution is -2.29. The van der Waals surface area contributed by atoms with Gasteiger partial charge in [0.05, 0.1) is 0 Å². The lowest BCUT2D eigenvalue weighted by Gasteiger charge is -2.12. The third-order valence-corrected chi connectivity index (χ3v) is 3.75. The third kappa shape index (κ3) is 5.15. The molecule has 0 saturated heterocycles. The maximum absolute atomic E-state index is 5.38. The summed E-state index contributed by atoms with van der Waals surface area (Å²) < 4.78 is 0. The van der Waals surface area contributed by atoms with Gasteiger partial charge in [-0.3, -0.25) is 0 Å². The van der Waals surface area contributed by atoms with Gasteiger partial charge in [0.15, 0.2) is 5.11 Å². The zero-order valence-corrected chi connectivity index (χ0v) is 14.2. The summed E-state index contributed by atoms with van der Waals surface area (Å²) in [6.07, 6.45) is 5.75. The second kappa shape index (κ2) is 8.54. The molecule has 0 aliphatic carbocycles. The van der Waals surface area contributed by atoms with E-state index in [-0.39, 0.29) is 0 Å². The van der Waals surface area contributed by atoms with E-state index in [4.69, 9.17) is 12.2 Å². The van der Waals surface area contributed by atoms with Crippen LogP contribution in [0.5, 0.6) is 0 Å². The molecule has 2 aromatic carbocycles. The lowest BCUT2D eigenvalue weighted by molar-refractivity contribution is 0.720. The molecule has 0 fully saturated rings.